The van der Waals surface area contributed by atoms with Crippen molar-refractivity contribution in [1.29, 1.82) is 0 Å². The van der Waals surface area contributed by atoms with E-state index in [9.17, 15) is 35.1 Å². The molecule has 0 bridgehead atoms. The highest BCUT2D eigenvalue weighted by Gasteiger charge is 2.62. The largest absolute Gasteiger partial charge is 0.483 e. The number of alkyl halides is 8. The van der Waals surface area contributed by atoms with Crippen molar-refractivity contribution >= 4 is 0 Å². The quantitative estimate of drug-likeness (QED) is 0.597. The Morgan fingerprint density at radius 3 is 1.50 bits per heavy atom. The summed E-state index contributed by atoms with van der Waals surface area (Å²) < 4.78 is 94.5. The van der Waals surface area contributed by atoms with Crippen LogP contribution in [0, 0.1) is 0 Å². The summed E-state index contributed by atoms with van der Waals surface area (Å²) in [4.78, 5) is 0. The van der Waals surface area contributed by atoms with E-state index in [4.69, 9.17) is 0 Å². The second kappa shape index (κ2) is 3.50. The van der Waals surface area contributed by atoms with E-state index in [1.807, 2.05) is 0 Å². The minimum Gasteiger partial charge on any atom is -0.271 e. The highest BCUT2D eigenvalue weighted by Crippen LogP contribution is 2.38. The fraction of sp³-hybridized carbons (Fsp3) is 1.00. The SMILES string of the molecule is NC(F)(F)C(F)OC(F)(F)C(F)(F)F. The van der Waals surface area contributed by atoms with Crippen molar-refractivity contribution in [3.05, 3.63) is 0 Å². The van der Waals surface area contributed by atoms with Gasteiger partial charge in [-0.2, -0.15) is 30.7 Å². The van der Waals surface area contributed by atoms with Gasteiger partial charge in [0.05, 0.1) is 0 Å². The van der Waals surface area contributed by atoms with Crippen LogP contribution in [-0.4, -0.2) is 24.7 Å². The Bertz CT molecular complexity index is 194. The Balaban J connectivity index is 4.53. The van der Waals surface area contributed by atoms with Crippen LogP contribution in [0.15, 0.2) is 0 Å². The Kier molecular flexibility index (Phi) is 3.34. The smallest absolute Gasteiger partial charge is 0.271 e. The second-order valence-corrected chi connectivity index (χ2v) is 2.12. The highest BCUT2D eigenvalue weighted by atomic mass is 19.4. The summed E-state index contributed by atoms with van der Waals surface area (Å²) in [6.45, 7) is 0. The van der Waals surface area contributed by atoms with Crippen molar-refractivity contribution in [2.24, 2.45) is 5.73 Å². The fourth-order valence-electron chi connectivity index (χ4n) is 0.275. The third-order valence-electron chi connectivity index (χ3n) is 0.884. The number of hydrogen-bond acceptors (Lipinski definition) is 2. The van der Waals surface area contributed by atoms with Gasteiger partial charge in [-0.25, -0.2) is 4.39 Å². The standard InChI is InChI=1S/C4H3F8NO/c5-1(2(6,7)13)14-4(11,12)3(8,9)10/h1H,13H2. The van der Waals surface area contributed by atoms with Gasteiger partial charge in [0.1, 0.15) is 0 Å². The summed E-state index contributed by atoms with van der Waals surface area (Å²) in [6.07, 6.45) is -16.6. The van der Waals surface area contributed by atoms with Crippen molar-refractivity contribution in [2.45, 2.75) is 24.7 Å². The average Bonchev–Trinajstić information content (AvgIpc) is 1.80. The lowest BCUT2D eigenvalue weighted by molar-refractivity contribution is -0.428. The molecule has 0 aromatic rings. The molecule has 0 aliphatic heterocycles. The highest BCUT2D eigenvalue weighted by molar-refractivity contribution is 4.69. The zero-order valence-corrected chi connectivity index (χ0v) is 6.09. The van der Waals surface area contributed by atoms with E-state index in [2.05, 4.69) is 10.5 Å². The lowest BCUT2D eigenvalue weighted by Crippen LogP contribution is -2.49. The predicted octanol–water partition coefficient (Wildman–Crippen LogP) is 2.01. The van der Waals surface area contributed by atoms with Gasteiger partial charge in [0.15, 0.2) is 0 Å². The molecule has 0 amide bonds. The molecule has 0 spiro atoms. The molecule has 2 N–H and O–H groups in total. The van der Waals surface area contributed by atoms with E-state index in [0.717, 1.165) is 0 Å². The van der Waals surface area contributed by atoms with Gasteiger partial charge in [-0.15, -0.1) is 0 Å². The topological polar surface area (TPSA) is 35.2 Å². The first-order chi connectivity index (χ1) is 5.88. The first kappa shape index (κ1) is 13.4. The maximum atomic E-state index is 11.9. The molecular weight excluding hydrogens is 230 g/mol. The van der Waals surface area contributed by atoms with Gasteiger partial charge < -0.3 is 0 Å². The minimum absolute atomic E-state index is 2.17. The Hall–Kier alpha value is -0.640. The molecule has 0 saturated heterocycles. The van der Waals surface area contributed by atoms with Crippen molar-refractivity contribution in [1.82, 2.24) is 0 Å². The minimum atomic E-state index is -6.29. The molecule has 0 saturated carbocycles. The van der Waals surface area contributed by atoms with Crippen LogP contribution in [0.4, 0.5) is 35.1 Å². The van der Waals surface area contributed by atoms with Crippen LogP contribution in [0.1, 0.15) is 0 Å². The maximum Gasteiger partial charge on any atom is 0.483 e. The molecule has 2 nitrogen and oxygen atoms in total. The number of rotatable bonds is 3. The van der Waals surface area contributed by atoms with Crippen molar-refractivity contribution < 1.29 is 39.9 Å². The van der Waals surface area contributed by atoms with E-state index in [1.165, 1.54) is 0 Å². The molecule has 10 heteroatoms. The van der Waals surface area contributed by atoms with E-state index in [1.54, 1.807) is 0 Å². The number of hydrogen-bond donors (Lipinski definition) is 1. The zero-order chi connectivity index (χ0) is 11.8. The summed E-state index contributed by atoms with van der Waals surface area (Å²) in [7, 11) is 0. The summed E-state index contributed by atoms with van der Waals surface area (Å²) in [5, 5.41) is 0. The monoisotopic (exact) mass is 233 g/mol. The van der Waals surface area contributed by atoms with Gasteiger partial charge in [-0.1, -0.05) is 0 Å². The second-order valence-electron chi connectivity index (χ2n) is 2.12. The van der Waals surface area contributed by atoms with E-state index in [-0.39, 0.29) is 0 Å². The fourth-order valence-corrected chi connectivity index (χ4v) is 0.275. The summed E-state index contributed by atoms with van der Waals surface area (Å²) in [5.74, 6) is 0. The number of halogens is 8. The molecule has 14 heavy (non-hydrogen) atoms. The lowest BCUT2D eigenvalue weighted by Gasteiger charge is -2.23. The van der Waals surface area contributed by atoms with Crippen LogP contribution >= 0.6 is 0 Å². The molecule has 0 radical (unpaired) electrons. The summed E-state index contributed by atoms with van der Waals surface area (Å²) in [5.41, 5.74) is 3.60. The van der Waals surface area contributed by atoms with E-state index < -0.39 is 24.7 Å². The van der Waals surface area contributed by atoms with Gasteiger partial charge in [0.2, 0.25) is 0 Å². The van der Waals surface area contributed by atoms with Gasteiger partial charge in [0, 0.05) is 0 Å². The number of nitrogens with two attached hydrogens (primary N) is 1. The Morgan fingerprint density at radius 1 is 0.929 bits per heavy atom. The Labute approximate surface area is 71.6 Å². The van der Waals surface area contributed by atoms with Gasteiger partial charge in [-0.05, 0) is 0 Å². The molecule has 1 atom stereocenters. The zero-order valence-electron chi connectivity index (χ0n) is 6.09. The third kappa shape index (κ3) is 3.25. The average molecular weight is 233 g/mol. The van der Waals surface area contributed by atoms with Crippen LogP contribution in [0.3, 0.4) is 0 Å². The van der Waals surface area contributed by atoms with Crippen LogP contribution < -0.4 is 5.73 Å². The molecule has 0 aliphatic carbocycles. The van der Waals surface area contributed by atoms with Crippen molar-refractivity contribution in [3.63, 3.8) is 0 Å². The van der Waals surface area contributed by atoms with E-state index >= 15 is 0 Å². The van der Waals surface area contributed by atoms with Gasteiger partial charge in [-0.3, -0.25) is 10.5 Å². The molecule has 1 unspecified atom stereocenters. The maximum absolute atomic E-state index is 11.9. The summed E-state index contributed by atoms with van der Waals surface area (Å²) >= 11 is 0. The van der Waals surface area contributed by atoms with Crippen LogP contribution in [0.5, 0.6) is 0 Å². The van der Waals surface area contributed by atoms with Gasteiger partial charge >= 0.3 is 18.3 Å². The van der Waals surface area contributed by atoms with Crippen molar-refractivity contribution in [3.8, 4) is 0 Å². The van der Waals surface area contributed by atoms with Crippen LogP contribution in [0.2, 0.25) is 0 Å². The molecule has 0 fully saturated rings. The normalized spacial score (nSPS) is 16.9. The third-order valence-corrected chi connectivity index (χ3v) is 0.884. The molecule has 0 aromatic heterocycles. The number of ether oxygens (including phenoxy) is 1. The first-order valence-electron chi connectivity index (χ1n) is 2.81. The van der Waals surface area contributed by atoms with E-state index in [0.29, 0.717) is 0 Å². The summed E-state index contributed by atoms with van der Waals surface area (Å²) in [6, 6.07) is -4.94. The van der Waals surface area contributed by atoms with Crippen LogP contribution in [0.25, 0.3) is 0 Å². The lowest BCUT2D eigenvalue weighted by atomic mass is 10.5. The molecule has 0 aromatic carbocycles. The van der Waals surface area contributed by atoms with Crippen molar-refractivity contribution in [2.75, 3.05) is 0 Å². The molecular formula is C4H3F8NO. The van der Waals surface area contributed by atoms with Gasteiger partial charge in [0.25, 0.3) is 6.36 Å². The first-order valence-corrected chi connectivity index (χ1v) is 2.81. The van der Waals surface area contributed by atoms with Crippen LogP contribution in [-0.2, 0) is 4.74 Å². The Morgan fingerprint density at radius 2 is 1.29 bits per heavy atom. The molecule has 0 heterocycles. The predicted molar refractivity (Wildman–Crippen MR) is 26.1 cm³/mol. The molecule has 0 aliphatic rings. The molecule has 0 rings (SSSR count). The molecule has 86 valence electrons.